The van der Waals surface area contributed by atoms with Crippen LogP contribution in [0.15, 0.2) is 28.7 Å². The summed E-state index contributed by atoms with van der Waals surface area (Å²) in [6, 6.07) is 6.07. The minimum atomic E-state index is -0.274. The fourth-order valence-corrected chi connectivity index (χ4v) is 2.43. The highest BCUT2D eigenvalue weighted by Gasteiger charge is 2.29. The highest BCUT2D eigenvalue weighted by Crippen LogP contribution is 2.30. The first-order valence-electron chi connectivity index (χ1n) is 6.04. The van der Waals surface area contributed by atoms with Gasteiger partial charge in [0.2, 0.25) is 0 Å². The number of hydrazine groups is 1. The largest absolute Gasteiger partial charge is 0.459 e. The molecule has 4 nitrogen and oxygen atoms in total. The van der Waals surface area contributed by atoms with E-state index < -0.39 is 0 Å². The van der Waals surface area contributed by atoms with E-state index in [1.54, 1.807) is 6.07 Å². The van der Waals surface area contributed by atoms with E-state index in [2.05, 4.69) is 5.43 Å². The van der Waals surface area contributed by atoms with E-state index in [4.69, 9.17) is 15.0 Å². The first-order chi connectivity index (χ1) is 8.78. The van der Waals surface area contributed by atoms with Crippen LogP contribution in [0.4, 0.5) is 4.39 Å². The normalized spacial score (nSPS) is 21.6. The van der Waals surface area contributed by atoms with Gasteiger partial charge in [0.05, 0.1) is 6.10 Å². The van der Waals surface area contributed by atoms with E-state index >= 15 is 0 Å². The van der Waals surface area contributed by atoms with Crippen molar-refractivity contribution >= 4 is 11.0 Å². The van der Waals surface area contributed by atoms with Crippen molar-refractivity contribution < 1.29 is 13.5 Å². The number of rotatable bonds is 3. The van der Waals surface area contributed by atoms with Crippen LogP contribution in [0.3, 0.4) is 0 Å². The first kappa shape index (κ1) is 11.6. The lowest BCUT2D eigenvalue weighted by atomic mass is 10.1. The van der Waals surface area contributed by atoms with Gasteiger partial charge in [0.1, 0.15) is 23.2 Å². The lowest BCUT2D eigenvalue weighted by molar-refractivity contribution is 0.0718. The van der Waals surface area contributed by atoms with E-state index in [1.807, 2.05) is 6.07 Å². The molecular weight excluding hydrogens is 235 g/mol. The van der Waals surface area contributed by atoms with Gasteiger partial charge in [-0.15, -0.1) is 0 Å². The van der Waals surface area contributed by atoms with E-state index in [9.17, 15) is 4.39 Å². The Kier molecular flexibility index (Phi) is 3.03. The molecule has 0 amide bonds. The molecule has 2 unspecified atom stereocenters. The van der Waals surface area contributed by atoms with Gasteiger partial charge in [-0.2, -0.15) is 0 Å². The molecule has 5 heteroatoms. The van der Waals surface area contributed by atoms with Crippen molar-refractivity contribution in [3.05, 3.63) is 35.8 Å². The van der Waals surface area contributed by atoms with Gasteiger partial charge >= 0.3 is 0 Å². The minimum absolute atomic E-state index is 0.0143. The van der Waals surface area contributed by atoms with Crippen LogP contribution in [0.1, 0.15) is 24.6 Å². The van der Waals surface area contributed by atoms with Crippen molar-refractivity contribution in [1.29, 1.82) is 0 Å². The van der Waals surface area contributed by atoms with Crippen LogP contribution < -0.4 is 11.3 Å². The topological polar surface area (TPSA) is 60.4 Å². The minimum Gasteiger partial charge on any atom is -0.459 e. The lowest BCUT2D eigenvalue weighted by Gasteiger charge is -2.19. The molecule has 2 heterocycles. The molecule has 3 rings (SSSR count). The highest BCUT2D eigenvalue weighted by atomic mass is 19.1. The van der Waals surface area contributed by atoms with Gasteiger partial charge in [-0.1, -0.05) is 0 Å². The second kappa shape index (κ2) is 4.68. The summed E-state index contributed by atoms with van der Waals surface area (Å²) in [6.45, 7) is 0.748. The number of hydrogen-bond donors (Lipinski definition) is 2. The van der Waals surface area contributed by atoms with Crippen molar-refractivity contribution in [1.82, 2.24) is 5.43 Å². The number of nitrogens with one attached hydrogen (secondary N) is 1. The maximum absolute atomic E-state index is 13.1. The van der Waals surface area contributed by atoms with Crippen LogP contribution in [0.5, 0.6) is 0 Å². The molecule has 1 fully saturated rings. The Morgan fingerprint density at radius 1 is 1.39 bits per heavy atom. The molecule has 1 aliphatic heterocycles. The molecule has 0 bridgehead atoms. The summed E-state index contributed by atoms with van der Waals surface area (Å²) in [7, 11) is 0. The Balaban J connectivity index is 1.96. The van der Waals surface area contributed by atoms with Crippen LogP contribution in [0, 0.1) is 5.82 Å². The van der Waals surface area contributed by atoms with E-state index in [0.29, 0.717) is 11.3 Å². The van der Waals surface area contributed by atoms with Crippen molar-refractivity contribution in [3.63, 3.8) is 0 Å². The maximum atomic E-state index is 13.1. The molecule has 2 atom stereocenters. The Morgan fingerprint density at radius 2 is 2.28 bits per heavy atom. The van der Waals surface area contributed by atoms with Gasteiger partial charge in [0.25, 0.3) is 0 Å². The number of halogens is 1. The predicted molar refractivity (Wildman–Crippen MR) is 65.2 cm³/mol. The summed E-state index contributed by atoms with van der Waals surface area (Å²) in [4.78, 5) is 0. The molecular formula is C13H15FN2O2. The molecule has 0 aliphatic carbocycles. The van der Waals surface area contributed by atoms with Crippen LogP contribution >= 0.6 is 0 Å². The van der Waals surface area contributed by atoms with Crippen LogP contribution in [-0.4, -0.2) is 12.7 Å². The van der Waals surface area contributed by atoms with Crippen LogP contribution in [0.2, 0.25) is 0 Å². The number of fused-ring (bicyclic) bond motifs is 1. The summed E-state index contributed by atoms with van der Waals surface area (Å²) >= 11 is 0. The molecule has 0 radical (unpaired) electrons. The zero-order valence-corrected chi connectivity index (χ0v) is 9.86. The summed E-state index contributed by atoms with van der Waals surface area (Å²) in [5.74, 6) is 5.98. The van der Waals surface area contributed by atoms with E-state index in [-0.39, 0.29) is 18.0 Å². The Labute approximate surface area is 104 Å². The molecule has 0 saturated carbocycles. The molecule has 3 N–H and O–H groups in total. The quantitative estimate of drug-likeness (QED) is 0.648. The third-order valence-electron chi connectivity index (χ3n) is 3.32. The number of benzene rings is 1. The number of hydrogen-bond acceptors (Lipinski definition) is 4. The maximum Gasteiger partial charge on any atom is 0.134 e. The molecule has 2 aromatic rings. The van der Waals surface area contributed by atoms with Gasteiger partial charge in [-0.05, 0) is 37.1 Å². The second-order valence-electron chi connectivity index (χ2n) is 4.53. The Bertz CT molecular complexity index is 549. The average molecular weight is 250 g/mol. The molecule has 1 aromatic heterocycles. The Hall–Kier alpha value is -1.43. The Morgan fingerprint density at radius 3 is 3.00 bits per heavy atom. The lowest BCUT2D eigenvalue weighted by Crippen LogP contribution is -2.36. The van der Waals surface area contributed by atoms with Crippen molar-refractivity contribution in [2.75, 3.05) is 6.61 Å². The molecule has 96 valence electrons. The SMILES string of the molecule is NNC(c1cc2cc(F)ccc2o1)C1CCCO1. The number of ether oxygens (including phenoxy) is 1. The van der Waals surface area contributed by atoms with Crippen molar-refractivity contribution in [2.24, 2.45) is 5.84 Å². The molecule has 1 aliphatic rings. The zero-order chi connectivity index (χ0) is 12.5. The average Bonchev–Trinajstić information content (AvgIpc) is 2.98. The van der Waals surface area contributed by atoms with Crippen molar-refractivity contribution in [2.45, 2.75) is 25.0 Å². The predicted octanol–water partition coefficient (Wildman–Crippen LogP) is 2.26. The smallest absolute Gasteiger partial charge is 0.134 e. The summed E-state index contributed by atoms with van der Waals surface area (Å²) in [6.07, 6.45) is 1.98. The summed E-state index contributed by atoms with van der Waals surface area (Å²) < 4.78 is 24.4. The van der Waals surface area contributed by atoms with Crippen LogP contribution in [0.25, 0.3) is 11.0 Å². The fourth-order valence-electron chi connectivity index (χ4n) is 2.43. The van der Waals surface area contributed by atoms with E-state index in [1.165, 1.54) is 12.1 Å². The van der Waals surface area contributed by atoms with Gasteiger partial charge < -0.3 is 9.15 Å². The standard InChI is InChI=1S/C13H15FN2O2/c14-9-3-4-10-8(6-9)7-12(18-10)13(16-15)11-2-1-5-17-11/h3-4,6-7,11,13,16H,1-2,5,15H2. The molecule has 18 heavy (non-hydrogen) atoms. The monoisotopic (exact) mass is 250 g/mol. The molecule has 1 saturated heterocycles. The fraction of sp³-hybridized carbons (Fsp3) is 0.385. The zero-order valence-electron chi connectivity index (χ0n) is 9.86. The van der Waals surface area contributed by atoms with Crippen LogP contribution in [-0.2, 0) is 4.74 Å². The number of nitrogens with two attached hydrogens (primary N) is 1. The highest BCUT2D eigenvalue weighted by molar-refractivity contribution is 5.78. The summed E-state index contributed by atoms with van der Waals surface area (Å²) in [5, 5.41) is 0.739. The van der Waals surface area contributed by atoms with Gasteiger partial charge in [-0.25, -0.2) is 9.82 Å². The molecule has 0 spiro atoms. The van der Waals surface area contributed by atoms with Gasteiger partial charge in [-0.3, -0.25) is 5.84 Å². The van der Waals surface area contributed by atoms with Gasteiger partial charge in [0, 0.05) is 12.0 Å². The van der Waals surface area contributed by atoms with Gasteiger partial charge in [0.15, 0.2) is 0 Å². The third kappa shape index (κ3) is 2.01. The third-order valence-corrected chi connectivity index (χ3v) is 3.32. The second-order valence-corrected chi connectivity index (χ2v) is 4.53. The summed E-state index contributed by atoms with van der Waals surface area (Å²) in [5.41, 5.74) is 3.38. The molecule has 1 aromatic carbocycles. The first-order valence-corrected chi connectivity index (χ1v) is 6.04. The van der Waals surface area contributed by atoms with E-state index in [0.717, 1.165) is 24.8 Å². The number of furan rings is 1. The van der Waals surface area contributed by atoms with Crippen molar-refractivity contribution in [3.8, 4) is 0 Å².